The Labute approximate surface area is 111 Å². The van der Waals surface area contributed by atoms with Crippen molar-refractivity contribution in [2.24, 2.45) is 0 Å². The molecule has 0 saturated carbocycles. The van der Waals surface area contributed by atoms with Crippen LogP contribution in [-0.2, 0) is 26.8 Å². The molecule has 0 aliphatic rings. The SMILES string of the molecule is CCCC[O][Zr]([O]CCCC)([CH](C)O)[CH](C)O. The normalized spacial score (nSPS) is 15.9. The van der Waals surface area contributed by atoms with Crippen molar-refractivity contribution in [2.75, 3.05) is 13.2 Å². The van der Waals surface area contributed by atoms with Gasteiger partial charge in [-0.1, -0.05) is 0 Å². The molecule has 0 aromatic carbocycles. The van der Waals surface area contributed by atoms with E-state index in [0.29, 0.717) is 13.2 Å². The van der Waals surface area contributed by atoms with Crippen molar-refractivity contribution in [1.29, 1.82) is 0 Å². The molecule has 0 aromatic rings. The number of unbranched alkanes of at least 4 members (excludes halogenated alkanes) is 2. The van der Waals surface area contributed by atoms with Crippen LogP contribution in [0.5, 0.6) is 0 Å². The van der Waals surface area contributed by atoms with Crippen LogP contribution in [0.15, 0.2) is 0 Å². The van der Waals surface area contributed by atoms with Gasteiger partial charge in [-0.15, -0.1) is 0 Å². The first-order valence-corrected chi connectivity index (χ1v) is 11.5. The van der Waals surface area contributed by atoms with Gasteiger partial charge in [-0.25, -0.2) is 0 Å². The monoisotopic (exact) mass is 326 g/mol. The predicted octanol–water partition coefficient (Wildman–Crippen LogP) is 2.28. The van der Waals surface area contributed by atoms with Crippen LogP contribution in [0, 0.1) is 0 Å². The fourth-order valence-corrected chi connectivity index (χ4v) is 8.20. The van der Waals surface area contributed by atoms with Crippen molar-refractivity contribution < 1.29 is 37.0 Å². The van der Waals surface area contributed by atoms with E-state index in [9.17, 15) is 10.2 Å². The van der Waals surface area contributed by atoms with Crippen LogP contribution in [0.4, 0.5) is 0 Å². The quantitative estimate of drug-likeness (QED) is 0.604. The van der Waals surface area contributed by atoms with E-state index in [1.165, 1.54) is 0 Å². The predicted molar refractivity (Wildman–Crippen MR) is 65.1 cm³/mol. The zero-order valence-electron chi connectivity index (χ0n) is 11.6. The number of aliphatic hydroxyl groups is 2. The average Bonchev–Trinajstić information content (AvgIpc) is 2.26. The number of hydrogen-bond donors (Lipinski definition) is 2. The van der Waals surface area contributed by atoms with Gasteiger partial charge in [0, 0.05) is 0 Å². The third-order valence-corrected chi connectivity index (χ3v) is 11.8. The van der Waals surface area contributed by atoms with Gasteiger partial charge in [0.2, 0.25) is 0 Å². The molecule has 0 bridgehead atoms. The van der Waals surface area contributed by atoms with Gasteiger partial charge < -0.3 is 0 Å². The van der Waals surface area contributed by atoms with E-state index >= 15 is 0 Å². The number of hydrogen-bond acceptors (Lipinski definition) is 4. The van der Waals surface area contributed by atoms with Crippen molar-refractivity contribution in [3.05, 3.63) is 0 Å². The van der Waals surface area contributed by atoms with Crippen molar-refractivity contribution >= 4 is 0 Å². The van der Waals surface area contributed by atoms with Crippen LogP contribution in [0.2, 0.25) is 0 Å². The Balaban J connectivity index is 4.50. The second-order valence-electron chi connectivity index (χ2n) is 4.48. The second-order valence-corrected chi connectivity index (χ2v) is 13.6. The Bertz CT molecular complexity index is 165. The molecule has 0 rings (SSSR count). The molecule has 0 aliphatic carbocycles. The van der Waals surface area contributed by atoms with Gasteiger partial charge in [0.15, 0.2) is 0 Å². The molecule has 17 heavy (non-hydrogen) atoms. The van der Waals surface area contributed by atoms with Crippen LogP contribution >= 0.6 is 0 Å². The number of aliphatic hydroxyl groups excluding tert-OH is 2. The molecule has 0 radical (unpaired) electrons. The average molecular weight is 328 g/mol. The molecule has 4 nitrogen and oxygen atoms in total. The minimum atomic E-state index is -3.75. The Hall–Kier alpha value is 0.723. The molecular formula is C12H28O4Zr. The molecule has 0 amide bonds. The van der Waals surface area contributed by atoms with Crippen molar-refractivity contribution in [3.63, 3.8) is 0 Å². The summed E-state index contributed by atoms with van der Waals surface area (Å²) in [5.41, 5.74) is 0. The zero-order valence-corrected chi connectivity index (χ0v) is 14.1. The molecule has 0 heterocycles. The van der Waals surface area contributed by atoms with Crippen molar-refractivity contribution in [2.45, 2.75) is 61.0 Å². The summed E-state index contributed by atoms with van der Waals surface area (Å²) in [6.07, 6.45) is 3.96. The topological polar surface area (TPSA) is 58.9 Å². The van der Waals surface area contributed by atoms with E-state index in [-0.39, 0.29) is 0 Å². The van der Waals surface area contributed by atoms with Gasteiger partial charge in [0.05, 0.1) is 0 Å². The van der Waals surface area contributed by atoms with Crippen LogP contribution in [0.3, 0.4) is 0 Å². The first-order chi connectivity index (χ1) is 8.01. The Morgan fingerprint density at radius 1 is 0.882 bits per heavy atom. The second kappa shape index (κ2) is 9.63. The molecule has 0 aromatic heterocycles. The molecule has 0 spiro atoms. The standard InChI is InChI=1S/2C4H9O.2C2H5O.Zr/c2*1-2-3-4-5;2*1-2-3;/h2*2-4H2,1H3;2*2-3H,1H3;/q2*-1;;;+2. The fraction of sp³-hybridized carbons (Fsp3) is 1.00. The van der Waals surface area contributed by atoms with Crippen LogP contribution in [-0.4, -0.2) is 31.1 Å². The van der Waals surface area contributed by atoms with Crippen LogP contribution in [0.25, 0.3) is 0 Å². The van der Waals surface area contributed by atoms with E-state index in [1.807, 2.05) is 0 Å². The zero-order chi connectivity index (χ0) is 13.3. The molecular weight excluding hydrogens is 299 g/mol. The molecule has 2 atom stereocenters. The summed E-state index contributed by atoms with van der Waals surface area (Å²) in [5, 5.41) is 19.8. The first kappa shape index (κ1) is 17.7. The first-order valence-electron chi connectivity index (χ1n) is 6.65. The minimum absolute atomic E-state index is 0.578. The van der Waals surface area contributed by atoms with Crippen molar-refractivity contribution in [3.8, 4) is 0 Å². The molecule has 5 heteroatoms. The van der Waals surface area contributed by atoms with Crippen LogP contribution < -0.4 is 0 Å². The van der Waals surface area contributed by atoms with E-state index in [4.69, 9.17) is 5.63 Å². The van der Waals surface area contributed by atoms with E-state index in [2.05, 4.69) is 13.8 Å². The maximum absolute atomic E-state index is 9.92. The summed E-state index contributed by atoms with van der Waals surface area (Å²) in [6, 6.07) is 0. The Morgan fingerprint density at radius 2 is 1.24 bits per heavy atom. The summed E-state index contributed by atoms with van der Waals surface area (Å²) in [5.74, 6) is 0. The molecule has 104 valence electrons. The molecule has 2 unspecified atom stereocenters. The van der Waals surface area contributed by atoms with Gasteiger partial charge >= 0.3 is 111 Å². The van der Waals surface area contributed by atoms with E-state index < -0.39 is 28.8 Å². The van der Waals surface area contributed by atoms with Crippen molar-refractivity contribution in [1.82, 2.24) is 0 Å². The van der Waals surface area contributed by atoms with E-state index in [0.717, 1.165) is 25.7 Å². The molecule has 0 saturated heterocycles. The summed E-state index contributed by atoms with van der Waals surface area (Å²) >= 11 is -3.75. The maximum atomic E-state index is 9.92. The van der Waals surface area contributed by atoms with Gasteiger partial charge in [-0.05, 0) is 0 Å². The third-order valence-electron chi connectivity index (χ3n) is 2.82. The third kappa shape index (κ3) is 5.93. The molecule has 0 fully saturated rings. The Morgan fingerprint density at radius 3 is 1.47 bits per heavy atom. The Kier molecular flexibility index (Phi) is 10.0. The van der Waals surface area contributed by atoms with Crippen LogP contribution in [0.1, 0.15) is 53.4 Å². The summed E-state index contributed by atoms with van der Waals surface area (Å²) in [4.78, 5) is 0. The van der Waals surface area contributed by atoms with Gasteiger partial charge in [0.25, 0.3) is 0 Å². The molecule has 0 aliphatic heterocycles. The summed E-state index contributed by atoms with van der Waals surface area (Å²) in [6.45, 7) is 8.69. The van der Waals surface area contributed by atoms with E-state index in [1.54, 1.807) is 13.8 Å². The summed E-state index contributed by atoms with van der Waals surface area (Å²) in [7, 11) is 0. The summed E-state index contributed by atoms with van der Waals surface area (Å²) < 4.78 is 10.3. The van der Waals surface area contributed by atoms with Gasteiger partial charge in [-0.2, -0.15) is 0 Å². The molecule has 2 N–H and O–H groups in total. The number of rotatable bonds is 10. The fourth-order valence-electron chi connectivity index (χ4n) is 1.63. The van der Waals surface area contributed by atoms with Gasteiger partial charge in [-0.3, -0.25) is 0 Å². The van der Waals surface area contributed by atoms with Gasteiger partial charge in [0.1, 0.15) is 0 Å².